The number of aromatic nitrogens is 2. The van der Waals surface area contributed by atoms with Crippen LogP contribution in [0.25, 0.3) is 0 Å². The van der Waals surface area contributed by atoms with Gasteiger partial charge in [-0.05, 0) is 31.4 Å². The Morgan fingerprint density at radius 2 is 2.32 bits per heavy atom. The number of hydrogen-bond donors (Lipinski definition) is 2. The number of thiophene rings is 1. The number of carboxylic acid groups (broad SMARTS) is 1. The van der Waals surface area contributed by atoms with E-state index in [1.807, 2.05) is 18.4 Å². The SMILES string of the molecule is Cc1cc(C(=O)O)nc(NC(C)Cc2cccs2)n1. The van der Waals surface area contributed by atoms with E-state index in [1.54, 1.807) is 18.3 Å². The highest BCUT2D eigenvalue weighted by atomic mass is 32.1. The van der Waals surface area contributed by atoms with E-state index in [1.165, 1.54) is 10.9 Å². The number of carbonyl (C=O) groups is 1. The van der Waals surface area contributed by atoms with Gasteiger partial charge in [-0.2, -0.15) is 0 Å². The highest BCUT2D eigenvalue weighted by Gasteiger charge is 2.11. The maximum atomic E-state index is 10.9. The molecule has 0 aromatic carbocycles. The second-order valence-electron chi connectivity index (χ2n) is 4.35. The first-order valence-electron chi connectivity index (χ1n) is 5.92. The summed E-state index contributed by atoms with van der Waals surface area (Å²) in [6.45, 7) is 3.77. The molecule has 5 nitrogen and oxygen atoms in total. The second-order valence-corrected chi connectivity index (χ2v) is 5.38. The van der Waals surface area contributed by atoms with E-state index in [-0.39, 0.29) is 11.7 Å². The Morgan fingerprint density at radius 3 is 2.95 bits per heavy atom. The summed E-state index contributed by atoms with van der Waals surface area (Å²) < 4.78 is 0. The normalized spacial score (nSPS) is 12.1. The molecule has 0 aliphatic carbocycles. The first-order valence-corrected chi connectivity index (χ1v) is 6.80. The molecule has 0 amide bonds. The predicted molar refractivity (Wildman–Crippen MR) is 74.8 cm³/mol. The molecule has 0 bridgehead atoms. The third-order valence-corrected chi connectivity index (χ3v) is 3.44. The summed E-state index contributed by atoms with van der Waals surface area (Å²) in [6, 6.07) is 5.68. The molecular formula is C13H15N3O2S. The summed E-state index contributed by atoms with van der Waals surface area (Å²) in [5.74, 6) is -0.680. The van der Waals surface area contributed by atoms with Crippen LogP contribution in [0.15, 0.2) is 23.6 Å². The lowest BCUT2D eigenvalue weighted by Crippen LogP contribution is -2.20. The van der Waals surface area contributed by atoms with Crippen molar-refractivity contribution in [2.24, 2.45) is 0 Å². The van der Waals surface area contributed by atoms with Crippen molar-refractivity contribution in [1.82, 2.24) is 9.97 Å². The van der Waals surface area contributed by atoms with Crippen molar-refractivity contribution >= 4 is 23.3 Å². The first kappa shape index (κ1) is 13.5. The summed E-state index contributed by atoms with van der Waals surface area (Å²) in [5, 5.41) is 14.1. The van der Waals surface area contributed by atoms with Crippen molar-refractivity contribution in [3.8, 4) is 0 Å². The fraction of sp³-hybridized carbons (Fsp3) is 0.308. The number of rotatable bonds is 5. The van der Waals surface area contributed by atoms with Crippen molar-refractivity contribution in [3.63, 3.8) is 0 Å². The second kappa shape index (κ2) is 5.79. The smallest absolute Gasteiger partial charge is 0.354 e. The van der Waals surface area contributed by atoms with Gasteiger partial charge in [0.1, 0.15) is 0 Å². The molecule has 19 heavy (non-hydrogen) atoms. The summed E-state index contributed by atoms with van der Waals surface area (Å²) >= 11 is 1.70. The van der Waals surface area contributed by atoms with Gasteiger partial charge in [-0.25, -0.2) is 14.8 Å². The minimum absolute atomic E-state index is 0.0123. The summed E-state index contributed by atoms with van der Waals surface area (Å²) in [4.78, 5) is 20.4. The quantitative estimate of drug-likeness (QED) is 0.878. The lowest BCUT2D eigenvalue weighted by atomic mass is 10.2. The van der Waals surface area contributed by atoms with Crippen molar-refractivity contribution < 1.29 is 9.90 Å². The van der Waals surface area contributed by atoms with Crippen LogP contribution in [0.5, 0.6) is 0 Å². The number of nitrogens with one attached hydrogen (secondary N) is 1. The van der Waals surface area contributed by atoms with Crippen LogP contribution in [0.4, 0.5) is 5.95 Å². The molecule has 6 heteroatoms. The molecule has 1 atom stereocenters. The number of nitrogens with zero attached hydrogens (tertiary/aromatic N) is 2. The van der Waals surface area contributed by atoms with E-state index in [0.29, 0.717) is 11.6 Å². The highest BCUT2D eigenvalue weighted by Crippen LogP contribution is 2.13. The van der Waals surface area contributed by atoms with E-state index < -0.39 is 5.97 Å². The monoisotopic (exact) mass is 277 g/mol. The Kier molecular flexibility index (Phi) is 4.11. The van der Waals surface area contributed by atoms with Gasteiger partial charge in [0.15, 0.2) is 5.69 Å². The minimum atomic E-state index is -1.04. The number of aryl methyl sites for hydroxylation is 1. The van der Waals surface area contributed by atoms with Crippen molar-refractivity contribution in [2.75, 3.05) is 5.32 Å². The van der Waals surface area contributed by atoms with Crippen molar-refractivity contribution in [1.29, 1.82) is 0 Å². The fourth-order valence-electron chi connectivity index (χ4n) is 1.74. The van der Waals surface area contributed by atoms with Crippen LogP contribution in [0, 0.1) is 6.92 Å². The van der Waals surface area contributed by atoms with E-state index in [0.717, 1.165) is 6.42 Å². The molecule has 100 valence electrons. The molecule has 0 aliphatic rings. The molecule has 2 aromatic rings. The molecule has 2 N–H and O–H groups in total. The van der Waals surface area contributed by atoms with E-state index >= 15 is 0 Å². The molecule has 2 rings (SSSR count). The Balaban J connectivity index is 2.08. The van der Waals surface area contributed by atoms with Crippen LogP contribution >= 0.6 is 11.3 Å². The summed E-state index contributed by atoms with van der Waals surface area (Å²) in [6.07, 6.45) is 0.859. The third kappa shape index (κ3) is 3.75. The van der Waals surface area contributed by atoms with Gasteiger partial charge in [0, 0.05) is 23.0 Å². The van der Waals surface area contributed by atoms with Gasteiger partial charge in [0.05, 0.1) is 0 Å². The Bertz CT molecular complexity index is 569. The van der Waals surface area contributed by atoms with Gasteiger partial charge in [-0.3, -0.25) is 0 Å². The van der Waals surface area contributed by atoms with Gasteiger partial charge < -0.3 is 10.4 Å². The van der Waals surface area contributed by atoms with Crippen LogP contribution < -0.4 is 5.32 Å². The zero-order valence-electron chi connectivity index (χ0n) is 10.8. The molecule has 0 saturated heterocycles. The average molecular weight is 277 g/mol. The Labute approximate surface area is 115 Å². The molecule has 0 spiro atoms. The highest BCUT2D eigenvalue weighted by molar-refractivity contribution is 7.09. The van der Waals surface area contributed by atoms with Gasteiger partial charge in [0.2, 0.25) is 5.95 Å². The number of aromatic carboxylic acids is 1. The number of anilines is 1. The van der Waals surface area contributed by atoms with Gasteiger partial charge in [0.25, 0.3) is 0 Å². The third-order valence-electron chi connectivity index (χ3n) is 2.54. The van der Waals surface area contributed by atoms with E-state index in [4.69, 9.17) is 5.11 Å². The van der Waals surface area contributed by atoms with Gasteiger partial charge in [-0.1, -0.05) is 6.07 Å². The standard InChI is InChI=1S/C13H15N3O2S/c1-8(6-10-4-3-5-19-10)14-13-15-9(2)7-11(16-13)12(17)18/h3-5,7-8H,6H2,1-2H3,(H,17,18)(H,14,15,16). The van der Waals surface area contributed by atoms with Crippen LogP contribution in [0.1, 0.15) is 28.0 Å². The number of carboxylic acids is 1. The molecule has 1 unspecified atom stereocenters. The molecule has 2 aromatic heterocycles. The van der Waals surface area contributed by atoms with Gasteiger partial charge >= 0.3 is 5.97 Å². The molecular weight excluding hydrogens is 262 g/mol. The molecule has 0 fully saturated rings. The molecule has 0 radical (unpaired) electrons. The lowest BCUT2D eigenvalue weighted by Gasteiger charge is -2.13. The largest absolute Gasteiger partial charge is 0.477 e. The predicted octanol–water partition coefficient (Wildman–Crippen LogP) is 2.59. The molecule has 2 heterocycles. The molecule has 0 aliphatic heterocycles. The maximum absolute atomic E-state index is 10.9. The Morgan fingerprint density at radius 1 is 1.53 bits per heavy atom. The van der Waals surface area contributed by atoms with Crippen molar-refractivity contribution in [2.45, 2.75) is 26.3 Å². The topological polar surface area (TPSA) is 75.1 Å². The zero-order chi connectivity index (χ0) is 13.8. The van der Waals surface area contributed by atoms with Crippen LogP contribution in [0.3, 0.4) is 0 Å². The molecule has 0 saturated carbocycles. The maximum Gasteiger partial charge on any atom is 0.354 e. The summed E-state index contributed by atoms with van der Waals surface area (Å²) in [5.41, 5.74) is 0.650. The van der Waals surface area contributed by atoms with Crippen LogP contribution in [0.2, 0.25) is 0 Å². The fourth-order valence-corrected chi connectivity index (χ4v) is 2.58. The lowest BCUT2D eigenvalue weighted by molar-refractivity contribution is 0.0690. The van der Waals surface area contributed by atoms with E-state index in [2.05, 4.69) is 21.4 Å². The zero-order valence-corrected chi connectivity index (χ0v) is 11.6. The van der Waals surface area contributed by atoms with Crippen LogP contribution in [-0.2, 0) is 6.42 Å². The first-order chi connectivity index (χ1) is 9.04. The summed E-state index contributed by atoms with van der Waals surface area (Å²) in [7, 11) is 0. The Hall–Kier alpha value is -1.95. The van der Waals surface area contributed by atoms with Crippen LogP contribution in [-0.4, -0.2) is 27.1 Å². The number of hydrogen-bond acceptors (Lipinski definition) is 5. The average Bonchev–Trinajstić information content (AvgIpc) is 2.80. The van der Waals surface area contributed by atoms with Gasteiger partial charge in [-0.15, -0.1) is 11.3 Å². The minimum Gasteiger partial charge on any atom is -0.477 e. The van der Waals surface area contributed by atoms with E-state index in [9.17, 15) is 4.79 Å². The van der Waals surface area contributed by atoms with Crippen molar-refractivity contribution in [3.05, 3.63) is 39.8 Å².